The molecule has 0 atom stereocenters. The Balaban J connectivity index is -0.0000000213. The minimum absolute atomic E-state index is 0. The number of aliphatic hydroxyl groups is 1. The Morgan fingerprint density at radius 3 is 1.47 bits per heavy atom. The molecule has 10 heteroatoms. The fourth-order valence-electron chi connectivity index (χ4n) is 0.181. The van der Waals surface area contributed by atoms with E-state index in [0.717, 1.165) is 0 Å². The molecule has 0 saturated carbocycles. The van der Waals surface area contributed by atoms with Crippen LogP contribution in [0.25, 0.3) is 0 Å². The van der Waals surface area contributed by atoms with Crippen LogP contribution in [0.1, 0.15) is 34.1 Å². The van der Waals surface area contributed by atoms with Crippen molar-refractivity contribution in [2.75, 3.05) is 0 Å². The van der Waals surface area contributed by atoms with Crippen molar-refractivity contribution < 1.29 is 101 Å². The number of rotatable bonds is 2. The summed E-state index contributed by atoms with van der Waals surface area (Å²) in [5, 5.41) is 21.2. The first-order valence-electron chi connectivity index (χ1n) is 4.13. The number of quaternary nitrogens is 1. The predicted molar refractivity (Wildman–Crippen MR) is 60.7 cm³/mol. The Labute approximate surface area is 165 Å². The number of aliphatic hydroxyl groups excluding tert-OH is 1. The number of ether oxygens (including phenoxy) is 1. The van der Waals surface area contributed by atoms with Crippen LogP contribution in [0.4, 0.5) is 0 Å². The van der Waals surface area contributed by atoms with Gasteiger partial charge in [-0.2, -0.15) is 7.11 Å². The number of hydroxylamine groups is 1. The van der Waals surface area contributed by atoms with E-state index in [1.54, 1.807) is 13.8 Å². The van der Waals surface area contributed by atoms with E-state index in [9.17, 15) is 9.59 Å². The summed E-state index contributed by atoms with van der Waals surface area (Å²) in [5.74, 6) is 1.63. The summed E-state index contributed by atoms with van der Waals surface area (Å²) in [6, 6.07) is 0. The smallest absolute Gasteiger partial charge is 0.273 e. The van der Waals surface area contributed by atoms with E-state index in [0.29, 0.717) is 12.8 Å². The van der Waals surface area contributed by atoms with Crippen LogP contribution in [-0.2, 0) is 79.7 Å². The molecule has 0 aliphatic heterocycles. The standard InChI is InChI=1S/C4H7O2.C3H7NO2.CH3O.CH4.H4NO.2Y/c1-3-4(5)6-2;1-2-3(5)4-6;1-2;;1-2;;/h2-3H2,1H3;6H,2H2,1H3,(H,4,5);2H,1H2;1H4;2H,1H3;;/q-1;;-1;;+1;;. The molecule has 0 unspecified atom stereocenters. The molecule has 1 amide bonds. The number of carbonyl (C=O) groups excluding carboxylic acids is 2. The summed E-state index contributed by atoms with van der Waals surface area (Å²) >= 11 is 0. The third-order valence-corrected chi connectivity index (χ3v) is 0.895. The normalized spacial score (nSPS) is 5.47. The predicted octanol–water partition coefficient (Wildman–Crippen LogP) is 0.0321. The van der Waals surface area contributed by atoms with Gasteiger partial charge in [0.2, 0.25) is 5.91 Å². The molecule has 0 heterocycles. The Kier molecular flexibility index (Phi) is 114. The van der Waals surface area contributed by atoms with Crippen molar-refractivity contribution in [3.63, 3.8) is 0 Å². The molecule has 0 aliphatic rings. The molecule has 0 aliphatic carbocycles. The molecule has 0 saturated heterocycles. The average Bonchev–Trinajstić information content (AvgIpc) is 2.41. The van der Waals surface area contributed by atoms with Gasteiger partial charge in [0, 0.05) is 78.3 Å². The van der Waals surface area contributed by atoms with Crippen LogP contribution in [0.2, 0.25) is 0 Å². The van der Waals surface area contributed by atoms with E-state index in [-0.39, 0.29) is 84.7 Å². The third-order valence-electron chi connectivity index (χ3n) is 0.895. The average molecular weight is 435 g/mol. The zero-order valence-electron chi connectivity index (χ0n) is 10.8. The van der Waals surface area contributed by atoms with Gasteiger partial charge >= 0.3 is 0 Å². The van der Waals surface area contributed by atoms with E-state index in [1.165, 1.54) is 5.48 Å². The molecule has 0 fully saturated rings. The molecule has 0 aromatic carbocycles. The molecule has 0 aromatic heterocycles. The van der Waals surface area contributed by atoms with Gasteiger partial charge in [-0.15, -0.1) is 0 Å². The SMILES string of the molecule is C.CCC(=O)NO.[CH2-]O.[CH2-]OC(=O)CC.[NH3+]O.[Y].[Y]. The van der Waals surface area contributed by atoms with E-state index in [1.807, 2.05) is 0 Å². The summed E-state index contributed by atoms with van der Waals surface area (Å²) in [4.78, 5) is 19.7. The van der Waals surface area contributed by atoms with E-state index in [2.05, 4.69) is 24.9 Å². The zero-order valence-corrected chi connectivity index (χ0v) is 16.4. The van der Waals surface area contributed by atoms with Gasteiger partial charge in [-0.05, 0) is 0 Å². The fraction of sp³-hybridized carbons (Fsp3) is 0.556. The summed E-state index contributed by atoms with van der Waals surface area (Å²) in [6.45, 7) is 3.37. The van der Waals surface area contributed by atoms with Crippen molar-refractivity contribution in [3.8, 4) is 0 Å². The second-order valence-electron chi connectivity index (χ2n) is 1.76. The van der Waals surface area contributed by atoms with Gasteiger partial charge in [-0.25, -0.2) is 23.7 Å². The van der Waals surface area contributed by atoms with Crippen molar-refractivity contribution in [1.82, 2.24) is 5.48 Å². The van der Waals surface area contributed by atoms with Crippen molar-refractivity contribution in [2.45, 2.75) is 34.1 Å². The number of hydrogen-bond donors (Lipinski definition) is 5. The number of hydrogen-bond acceptors (Lipinski definition) is 6. The van der Waals surface area contributed by atoms with Gasteiger partial charge in [0.1, 0.15) is 0 Å². The van der Waals surface area contributed by atoms with Crippen molar-refractivity contribution in [1.29, 1.82) is 0 Å². The first kappa shape index (κ1) is 42.7. The van der Waals surface area contributed by atoms with Crippen LogP contribution in [-0.4, -0.2) is 27.4 Å². The minimum Gasteiger partial charge on any atom is -0.640 e. The molecule has 7 N–H and O–H groups in total. The second-order valence-corrected chi connectivity index (χ2v) is 1.76. The van der Waals surface area contributed by atoms with Gasteiger partial charge in [-0.1, -0.05) is 21.3 Å². The van der Waals surface area contributed by atoms with E-state index >= 15 is 0 Å². The van der Waals surface area contributed by atoms with Crippen LogP contribution >= 0.6 is 0 Å². The molecule has 114 valence electrons. The monoisotopic (exact) mass is 435 g/mol. The van der Waals surface area contributed by atoms with E-state index < -0.39 is 0 Å². The molecule has 0 aromatic rings. The van der Waals surface area contributed by atoms with Crippen molar-refractivity contribution >= 4 is 11.9 Å². The molecule has 0 spiro atoms. The van der Waals surface area contributed by atoms with Gasteiger partial charge < -0.3 is 9.84 Å². The maximum absolute atomic E-state index is 9.90. The Morgan fingerprint density at radius 2 is 1.47 bits per heavy atom. The first-order valence-corrected chi connectivity index (χ1v) is 4.13. The number of esters is 1. The molecule has 2 radical (unpaired) electrons. The molecule has 8 nitrogen and oxygen atoms in total. The third kappa shape index (κ3) is 67.8. The van der Waals surface area contributed by atoms with Crippen LogP contribution in [0.3, 0.4) is 0 Å². The van der Waals surface area contributed by atoms with Crippen LogP contribution in [0.15, 0.2) is 0 Å². The van der Waals surface area contributed by atoms with Crippen LogP contribution in [0.5, 0.6) is 0 Å². The fourth-order valence-corrected chi connectivity index (χ4v) is 0.181. The van der Waals surface area contributed by atoms with Gasteiger partial charge in [0.25, 0.3) is 5.97 Å². The van der Waals surface area contributed by atoms with Crippen LogP contribution in [0, 0.1) is 14.2 Å². The molecular formula is C9H25N2O6Y2-. The summed E-state index contributed by atoms with van der Waals surface area (Å²) < 4.78 is 4.01. The van der Waals surface area contributed by atoms with Gasteiger partial charge in [0.15, 0.2) is 0 Å². The van der Waals surface area contributed by atoms with E-state index in [4.69, 9.17) is 15.5 Å². The number of carbonyl (C=O) groups is 2. The topological polar surface area (TPSA) is 144 Å². The minimum atomic E-state index is -0.352. The second kappa shape index (κ2) is 50.9. The summed E-state index contributed by atoms with van der Waals surface area (Å²) in [7, 11) is 5.16. The molecular weight excluding hydrogens is 410 g/mol. The quantitative estimate of drug-likeness (QED) is 0.179. The molecule has 0 bridgehead atoms. The van der Waals surface area contributed by atoms with Gasteiger partial charge in [0.05, 0.1) is 0 Å². The Bertz CT molecular complexity index is 125. The van der Waals surface area contributed by atoms with Crippen molar-refractivity contribution in [2.24, 2.45) is 0 Å². The maximum atomic E-state index is 9.90. The van der Waals surface area contributed by atoms with Crippen LogP contribution < -0.4 is 11.4 Å². The van der Waals surface area contributed by atoms with Gasteiger partial charge in [-0.3, -0.25) is 14.8 Å². The largest absolute Gasteiger partial charge is 0.640 e. The summed E-state index contributed by atoms with van der Waals surface area (Å²) in [5.41, 5.74) is 1.48. The number of amides is 1. The Hall–Kier alpha value is 0.988. The molecule has 0 rings (SSSR count). The maximum Gasteiger partial charge on any atom is 0.273 e. The van der Waals surface area contributed by atoms with Crippen molar-refractivity contribution in [3.05, 3.63) is 14.2 Å². The Morgan fingerprint density at radius 1 is 1.16 bits per heavy atom. The zero-order chi connectivity index (χ0) is 14.0. The summed E-state index contributed by atoms with van der Waals surface area (Å²) in [6.07, 6.45) is 0.736. The molecule has 19 heavy (non-hydrogen) atoms. The number of nitrogens with one attached hydrogen (secondary N) is 1. The first-order chi connectivity index (χ1) is 7.62.